The van der Waals surface area contributed by atoms with Crippen LogP contribution in [-0.4, -0.2) is 23.0 Å². The maximum atomic E-state index is 14.0. The summed E-state index contributed by atoms with van der Waals surface area (Å²) in [6, 6.07) is 29.9. The van der Waals surface area contributed by atoms with E-state index in [2.05, 4.69) is 24.4 Å². The highest BCUT2D eigenvalue weighted by atomic mass is 16.4. The predicted octanol–water partition coefficient (Wildman–Crippen LogP) is 7.17. The Balaban J connectivity index is 2.20. The number of carbonyl (C=O) groups is 2. The van der Waals surface area contributed by atoms with Crippen LogP contribution in [0.25, 0.3) is 0 Å². The largest absolute Gasteiger partial charge is 0.481 e. The van der Waals surface area contributed by atoms with Crippen LogP contribution in [0.3, 0.4) is 0 Å². The third-order valence-corrected chi connectivity index (χ3v) is 7.62. The molecule has 3 aromatic rings. The topological polar surface area (TPSA) is 66.4 Å². The molecule has 1 amide bonds. The SMILES string of the molecule is CCC(CC(c1ccccc1)C(C(=O)NC(C)C)C(C(=O)O)C(C)(C)c1ccccc1)c1ccccc1. The number of nitrogens with one attached hydrogen (secondary N) is 1. The van der Waals surface area contributed by atoms with Gasteiger partial charge < -0.3 is 10.4 Å². The number of hydrogen-bond donors (Lipinski definition) is 2. The summed E-state index contributed by atoms with van der Waals surface area (Å²) >= 11 is 0. The van der Waals surface area contributed by atoms with Crippen molar-refractivity contribution in [1.29, 1.82) is 0 Å². The van der Waals surface area contributed by atoms with Gasteiger partial charge in [-0.3, -0.25) is 9.59 Å². The highest BCUT2D eigenvalue weighted by Crippen LogP contribution is 2.46. The fraction of sp³-hybridized carbons (Fsp3) is 0.394. The molecule has 0 saturated heterocycles. The molecule has 0 bridgehead atoms. The van der Waals surface area contributed by atoms with Crippen molar-refractivity contribution in [3.63, 3.8) is 0 Å². The lowest BCUT2D eigenvalue weighted by molar-refractivity contribution is -0.151. The van der Waals surface area contributed by atoms with E-state index in [0.29, 0.717) is 6.42 Å². The fourth-order valence-corrected chi connectivity index (χ4v) is 5.67. The molecule has 3 rings (SSSR count). The van der Waals surface area contributed by atoms with Crippen molar-refractivity contribution in [3.8, 4) is 0 Å². The third-order valence-electron chi connectivity index (χ3n) is 7.62. The standard InChI is InChI=1S/C33H41NO3/c1-6-24(25-16-10-7-11-17-25)22-28(26-18-12-8-13-19-26)29(31(35)34-23(2)3)30(32(36)37)33(4,5)27-20-14-9-15-21-27/h7-21,23-24,28-30H,6,22H2,1-5H3,(H,34,35)(H,36,37). The molecule has 0 aliphatic heterocycles. The van der Waals surface area contributed by atoms with E-state index in [0.717, 1.165) is 17.5 Å². The van der Waals surface area contributed by atoms with Crippen molar-refractivity contribution in [1.82, 2.24) is 5.32 Å². The van der Waals surface area contributed by atoms with E-state index in [-0.39, 0.29) is 23.8 Å². The van der Waals surface area contributed by atoms with E-state index in [9.17, 15) is 14.7 Å². The molecule has 0 aromatic heterocycles. The lowest BCUT2D eigenvalue weighted by Gasteiger charge is -2.41. The van der Waals surface area contributed by atoms with Gasteiger partial charge in [-0.2, -0.15) is 0 Å². The van der Waals surface area contributed by atoms with Gasteiger partial charge in [0.2, 0.25) is 5.91 Å². The Labute approximate surface area is 222 Å². The zero-order valence-corrected chi connectivity index (χ0v) is 22.7. The fourth-order valence-electron chi connectivity index (χ4n) is 5.67. The van der Waals surface area contributed by atoms with Crippen molar-refractivity contribution in [3.05, 3.63) is 108 Å². The third kappa shape index (κ3) is 6.88. The van der Waals surface area contributed by atoms with E-state index in [4.69, 9.17) is 0 Å². The molecule has 0 radical (unpaired) electrons. The van der Waals surface area contributed by atoms with Crippen LogP contribution in [0.2, 0.25) is 0 Å². The summed E-state index contributed by atoms with van der Waals surface area (Å²) in [7, 11) is 0. The van der Waals surface area contributed by atoms with Gasteiger partial charge >= 0.3 is 5.97 Å². The van der Waals surface area contributed by atoms with Gasteiger partial charge in [0, 0.05) is 11.5 Å². The van der Waals surface area contributed by atoms with E-state index in [1.54, 1.807) is 0 Å². The number of carboxylic acid groups (broad SMARTS) is 1. The highest BCUT2D eigenvalue weighted by molar-refractivity contribution is 5.87. The molecular formula is C33H41NO3. The Bertz CT molecular complexity index is 1130. The van der Waals surface area contributed by atoms with Crippen molar-refractivity contribution >= 4 is 11.9 Å². The first-order valence-corrected chi connectivity index (χ1v) is 13.3. The minimum absolute atomic E-state index is 0.100. The molecule has 0 aliphatic carbocycles. The van der Waals surface area contributed by atoms with E-state index in [1.165, 1.54) is 5.56 Å². The van der Waals surface area contributed by atoms with Crippen molar-refractivity contribution in [2.75, 3.05) is 0 Å². The molecule has 0 saturated carbocycles. The Hall–Kier alpha value is -3.40. The summed E-state index contributed by atoms with van der Waals surface area (Å²) < 4.78 is 0. The predicted molar refractivity (Wildman–Crippen MR) is 151 cm³/mol. The molecule has 4 atom stereocenters. The molecule has 0 fully saturated rings. The van der Waals surface area contributed by atoms with Gasteiger partial charge in [0.05, 0.1) is 11.8 Å². The molecular weight excluding hydrogens is 458 g/mol. The second-order valence-corrected chi connectivity index (χ2v) is 10.9. The summed E-state index contributed by atoms with van der Waals surface area (Å²) in [5, 5.41) is 13.8. The number of carboxylic acids is 1. The van der Waals surface area contributed by atoms with E-state index < -0.39 is 23.2 Å². The Morgan fingerprint density at radius 3 is 1.76 bits per heavy atom. The highest BCUT2D eigenvalue weighted by Gasteiger charge is 2.49. The maximum absolute atomic E-state index is 14.0. The van der Waals surface area contributed by atoms with Crippen LogP contribution in [0.5, 0.6) is 0 Å². The summed E-state index contributed by atoms with van der Waals surface area (Å²) in [6.45, 7) is 9.90. The van der Waals surface area contributed by atoms with Crippen molar-refractivity contribution in [2.24, 2.45) is 11.8 Å². The van der Waals surface area contributed by atoms with Crippen molar-refractivity contribution < 1.29 is 14.7 Å². The first-order chi connectivity index (χ1) is 17.7. The smallest absolute Gasteiger partial charge is 0.308 e. The Morgan fingerprint density at radius 2 is 1.30 bits per heavy atom. The average Bonchev–Trinajstić information content (AvgIpc) is 2.89. The molecule has 196 valence electrons. The van der Waals surface area contributed by atoms with Crippen LogP contribution in [0.4, 0.5) is 0 Å². The van der Waals surface area contributed by atoms with Crippen LogP contribution >= 0.6 is 0 Å². The summed E-state index contributed by atoms with van der Waals surface area (Å²) in [4.78, 5) is 27.2. The molecule has 4 unspecified atom stereocenters. The second kappa shape index (κ2) is 12.7. The van der Waals surface area contributed by atoms with Crippen LogP contribution in [0, 0.1) is 11.8 Å². The van der Waals surface area contributed by atoms with E-state index >= 15 is 0 Å². The number of amides is 1. The lowest BCUT2D eigenvalue weighted by Crippen LogP contribution is -2.50. The summed E-state index contributed by atoms with van der Waals surface area (Å²) in [5.41, 5.74) is 2.33. The van der Waals surface area contributed by atoms with Crippen LogP contribution < -0.4 is 5.32 Å². The Kier molecular flexibility index (Phi) is 9.68. The number of benzene rings is 3. The number of hydrogen-bond acceptors (Lipinski definition) is 2. The van der Waals surface area contributed by atoms with Crippen LogP contribution in [0.15, 0.2) is 91.0 Å². The molecule has 0 spiro atoms. The summed E-state index contributed by atoms with van der Waals surface area (Å²) in [6.07, 6.45) is 1.57. The summed E-state index contributed by atoms with van der Waals surface area (Å²) in [5.74, 6) is -2.96. The zero-order valence-electron chi connectivity index (χ0n) is 22.7. The lowest BCUT2D eigenvalue weighted by atomic mass is 9.62. The molecule has 2 N–H and O–H groups in total. The van der Waals surface area contributed by atoms with Gasteiger partial charge in [0.1, 0.15) is 0 Å². The van der Waals surface area contributed by atoms with Crippen molar-refractivity contribution in [2.45, 2.75) is 70.8 Å². The minimum atomic E-state index is -0.952. The zero-order chi connectivity index (χ0) is 27.0. The van der Waals surface area contributed by atoms with Gasteiger partial charge in [-0.15, -0.1) is 0 Å². The quantitative estimate of drug-likeness (QED) is 0.277. The molecule has 4 nitrogen and oxygen atoms in total. The van der Waals surface area contributed by atoms with Crippen LogP contribution in [-0.2, 0) is 15.0 Å². The molecule has 4 heteroatoms. The van der Waals surface area contributed by atoms with E-state index in [1.807, 2.05) is 107 Å². The van der Waals surface area contributed by atoms with Crippen LogP contribution in [0.1, 0.15) is 76.0 Å². The normalized spacial score (nSPS) is 15.0. The molecule has 0 aliphatic rings. The first kappa shape index (κ1) is 28.2. The van der Waals surface area contributed by atoms with Gasteiger partial charge in [-0.1, -0.05) is 112 Å². The number of carbonyl (C=O) groups excluding carboxylic acids is 1. The first-order valence-electron chi connectivity index (χ1n) is 13.3. The van der Waals surface area contributed by atoms with Gasteiger partial charge in [-0.05, 0) is 55.2 Å². The second-order valence-electron chi connectivity index (χ2n) is 10.9. The minimum Gasteiger partial charge on any atom is -0.481 e. The average molecular weight is 500 g/mol. The maximum Gasteiger partial charge on any atom is 0.308 e. The molecule has 37 heavy (non-hydrogen) atoms. The monoisotopic (exact) mass is 499 g/mol. The van der Waals surface area contributed by atoms with Gasteiger partial charge in [-0.25, -0.2) is 0 Å². The van der Waals surface area contributed by atoms with Gasteiger partial charge in [0.25, 0.3) is 0 Å². The Morgan fingerprint density at radius 1 is 0.811 bits per heavy atom. The molecule has 3 aromatic carbocycles. The molecule has 0 heterocycles. The number of aliphatic carboxylic acids is 1. The number of rotatable bonds is 12. The van der Waals surface area contributed by atoms with Gasteiger partial charge in [0.15, 0.2) is 0 Å².